The summed E-state index contributed by atoms with van der Waals surface area (Å²) >= 11 is 0. The number of carbonyl (C=O) groups is 1. The summed E-state index contributed by atoms with van der Waals surface area (Å²) in [6, 6.07) is 20.9. The molecule has 0 bridgehead atoms. The highest BCUT2D eigenvalue weighted by Gasteiger charge is 2.16. The van der Waals surface area contributed by atoms with Gasteiger partial charge in [-0.15, -0.1) is 0 Å². The molecule has 2 aromatic carbocycles. The normalized spacial score (nSPS) is 10.6. The van der Waals surface area contributed by atoms with E-state index in [1.54, 1.807) is 30.5 Å². The molecule has 4 rings (SSSR count). The van der Waals surface area contributed by atoms with Gasteiger partial charge < -0.3 is 9.84 Å². The highest BCUT2D eigenvalue weighted by molar-refractivity contribution is 6.02. The lowest BCUT2D eigenvalue weighted by atomic mass is 10.1. The van der Waals surface area contributed by atoms with Crippen LogP contribution in [0.5, 0.6) is 0 Å². The largest absolute Gasteiger partial charge is 0.355 e. The number of anilines is 1. The molecule has 4 aromatic rings. The van der Waals surface area contributed by atoms with Crippen LogP contribution < -0.4 is 5.32 Å². The maximum atomic E-state index is 13.8. The number of nitrogens with one attached hydrogen (secondary N) is 1. The SMILES string of the molecule is O=C(Nc1ccc(-c2ccccc2)cn1)c1cc(-c2ccccc2F)on1. The van der Waals surface area contributed by atoms with Gasteiger partial charge in [0.1, 0.15) is 11.6 Å². The summed E-state index contributed by atoms with van der Waals surface area (Å²) in [6.07, 6.45) is 1.68. The fraction of sp³-hybridized carbons (Fsp3) is 0. The van der Waals surface area contributed by atoms with E-state index in [1.807, 2.05) is 36.4 Å². The number of nitrogens with zero attached hydrogens (tertiary/aromatic N) is 2. The predicted octanol–water partition coefficient (Wildman–Crippen LogP) is 4.80. The van der Waals surface area contributed by atoms with E-state index in [0.29, 0.717) is 5.82 Å². The van der Waals surface area contributed by atoms with Crippen molar-refractivity contribution in [1.82, 2.24) is 10.1 Å². The van der Waals surface area contributed by atoms with Gasteiger partial charge in [-0.2, -0.15) is 0 Å². The minimum absolute atomic E-state index is 0.0437. The summed E-state index contributed by atoms with van der Waals surface area (Å²) < 4.78 is 18.9. The van der Waals surface area contributed by atoms with Crippen molar-refractivity contribution >= 4 is 11.7 Å². The Hall–Kier alpha value is -3.80. The Kier molecular flexibility index (Phi) is 4.45. The lowest BCUT2D eigenvalue weighted by Crippen LogP contribution is -2.13. The van der Waals surface area contributed by atoms with Gasteiger partial charge in [-0.3, -0.25) is 4.79 Å². The molecule has 0 radical (unpaired) electrons. The van der Waals surface area contributed by atoms with Crippen molar-refractivity contribution in [1.29, 1.82) is 0 Å². The van der Waals surface area contributed by atoms with Crippen molar-refractivity contribution in [2.24, 2.45) is 0 Å². The van der Waals surface area contributed by atoms with Crippen LogP contribution >= 0.6 is 0 Å². The first-order chi connectivity index (χ1) is 13.2. The maximum absolute atomic E-state index is 13.8. The van der Waals surface area contributed by atoms with Gasteiger partial charge in [-0.25, -0.2) is 9.37 Å². The van der Waals surface area contributed by atoms with Crippen LogP contribution in [0.4, 0.5) is 10.2 Å². The molecule has 0 saturated heterocycles. The first kappa shape index (κ1) is 16.7. The fourth-order valence-electron chi connectivity index (χ4n) is 2.62. The zero-order chi connectivity index (χ0) is 18.6. The van der Waals surface area contributed by atoms with Gasteiger partial charge in [0, 0.05) is 17.8 Å². The van der Waals surface area contributed by atoms with Crippen molar-refractivity contribution < 1.29 is 13.7 Å². The molecule has 0 spiro atoms. The summed E-state index contributed by atoms with van der Waals surface area (Å²) in [6.45, 7) is 0. The van der Waals surface area contributed by atoms with E-state index in [2.05, 4.69) is 15.5 Å². The summed E-state index contributed by atoms with van der Waals surface area (Å²) in [7, 11) is 0. The molecule has 0 atom stereocenters. The number of amides is 1. The van der Waals surface area contributed by atoms with Crippen LogP contribution in [0, 0.1) is 5.82 Å². The summed E-state index contributed by atoms with van der Waals surface area (Å²) in [5.41, 5.74) is 2.27. The number of pyridine rings is 1. The predicted molar refractivity (Wildman–Crippen MR) is 99.5 cm³/mol. The van der Waals surface area contributed by atoms with Gasteiger partial charge in [0.05, 0.1) is 5.56 Å². The molecular weight excluding hydrogens is 345 g/mol. The van der Waals surface area contributed by atoms with Crippen LogP contribution in [0.3, 0.4) is 0 Å². The monoisotopic (exact) mass is 359 g/mol. The quantitative estimate of drug-likeness (QED) is 0.568. The molecule has 2 heterocycles. The lowest BCUT2D eigenvalue weighted by molar-refractivity contribution is 0.101. The summed E-state index contributed by atoms with van der Waals surface area (Å²) in [5.74, 6) is -0.360. The number of rotatable bonds is 4. The Labute approximate surface area is 154 Å². The molecule has 6 heteroatoms. The van der Waals surface area contributed by atoms with E-state index < -0.39 is 11.7 Å². The van der Waals surface area contributed by atoms with Gasteiger partial charge in [0.2, 0.25) is 0 Å². The van der Waals surface area contributed by atoms with E-state index in [4.69, 9.17) is 4.52 Å². The van der Waals surface area contributed by atoms with Crippen LogP contribution in [0.2, 0.25) is 0 Å². The van der Waals surface area contributed by atoms with Crippen molar-refractivity contribution in [2.45, 2.75) is 0 Å². The Morgan fingerprint density at radius 1 is 0.926 bits per heavy atom. The molecule has 2 aromatic heterocycles. The number of halogens is 1. The minimum Gasteiger partial charge on any atom is -0.355 e. The first-order valence-electron chi connectivity index (χ1n) is 8.25. The van der Waals surface area contributed by atoms with Crippen molar-refractivity contribution in [3.63, 3.8) is 0 Å². The molecule has 1 N–H and O–H groups in total. The fourth-order valence-corrected chi connectivity index (χ4v) is 2.62. The topological polar surface area (TPSA) is 68.0 Å². The van der Waals surface area contributed by atoms with E-state index in [0.717, 1.165) is 11.1 Å². The third kappa shape index (κ3) is 3.59. The molecule has 27 heavy (non-hydrogen) atoms. The summed E-state index contributed by atoms with van der Waals surface area (Å²) in [5, 5.41) is 6.36. The Bertz CT molecular complexity index is 1080. The smallest absolute Gasteiger partial charge is 0.279 e. The number of benzene rings is 2. The minimum atomic E-state index is -0.485. The zero-order valence-corrected chi connectivity index (χ0v) is 14.1. The average molecular weight is 359 g/mol. The highest BCUT2D eigenvalue weighted by atomic mass is 19.1. The number of aromatic nitrogens is 2. The first-order valence-corrected chi connectivity index (χ1v) is 8.25. The van der Waals surface area contributed by atoms with Crippen molar-refractivity contribution in [3.8, 4) is 22.5 Å². The van der Waals surface area contributed by atoms with E-state index in [9.17, 15) is 9.18 Å². The number of hydrogen-bond acceptors (Lipinski definition) is 4. The second kappa shape index (κ2) is 7.21. The molecule has 0 aliphatic heterocycles. The van der Waals surface area contributed by atoms with Gasteiger partial charge in [0.25, 0.3) is 5.91 Å². The van der Waals surface area contributed by atoms with Crippen LogP contribution in [0.15, 0.2) is 83.5 Å². The molecule has 0 aliphatic rings. The molecule has 5 nitrogen and oxygen atoms in total. The van der Waals surface area contributed by atoms with E-state index in [-0.39, 0.29) is 17.0 Å². The second-order valence-electron chi connectivity index (χ2n) is 5.81. The Morgan fingerprint density at radius 3 is 2.44 bits per heavy atom. The van der Waals surface area contributed by atoms with E-state index >= 15 is 0 Å². The molecule has 0 aliphatic carbocycles. The molecule has 1 amide bonds. The van der Waals surface area contributed by atoms with Crippen molar-refractivity contribution in [2.75, 3.05) is 5.32 Å². The average Bonchev–Trinajstić information content (AvgIpc) is 3.20. The lowest BCUT2D eigenvalue weighted by Gasteiger charge is -2.04. The molecule has 0 saturated carbocycles. The van der Waals surface area contributed by atoms with Crippen LogP contribution in [-0.2, 0) is 0 Å². The second-order valence-corrected chi connectivity index (χ2v) is 5.81. The molecule has 132 valence electrons. The third-order valence-corrected chi connectivity index (χ3v) is 3.99. The van der Waals surface area contributed by atoms with Crippen LogP contribution in [0.1, 0.15) is 10.5 Å². The van der Waals surface area contributed by atoms with Gasteiger partial charge in [-0.1, -0.05) is 47.6 Å². The van der Waals surface area contributed by atoms with Crippen LogP contribution in [-0.4, -0.2) is 16.0 Å². The third-order valence-electron chi connectivity index (χ3n) is 3.99. The highest BCUT2D eigenvalue weighted by Crippen LogP contribution is 2.24. The molecule has 0 fully saturated rings. The maximum Gasteiger partial charge on any atom is 0.279 e. The zero-order valence-electron chi connectivity index (χ0n) is 14.1. The van der Waals surface area contributed by atoms with Gasteiger partial charge in [0.15, 0.2) is 11.5 Å². The molecule has 0 unspecified atom stereocenters. The Balaban J connectivity index is 1.49. The Morgan fingerprint density at radius 2 is 1.70 bits per heavy atom. The number of hydrogen-bond donors (Lipinski definition) is 1. The van der Waals surface area contributed by atoms with Gasteiger partial charge in [-0.05, 0) is 29.8 Å². The van der Waals surface area contributed by atoms with Gasteiger partial charge >= 0.3 is 0 Å². The summed E-state index contributed by atoms with van der Waals surface area (Å²) in [4.78, 5) is 16.6. The molecular formula is C21H14FN3O2. The number of carbonyl (C=O) groups excluding carboxylic acids is 1. The van der Waals surface area contributed by atoms with Crippen LogP contribution in [0.25, 0.3) is 22.5 Å². The van der Waals surface area contributed by atoms with E-state index in [1.165, 1.54) is 12.1 Å². The standard InChI is InChI=1S/C21H14FN3O2/c22-17-9-5-4-8-16(17)19-12-18(25-27-19)21(26)24-20-11-10-15(13-23-20)14-6-2-1-3-7-14/h1-13H,(H,23,24,26). The van der Waals surface area contributed by atoms with Crippen molar-refractivity contribution in [3.05, 3.63) is 90.5 Å².